The van der Waals surface area contributed by atoms with Crippen molar-refractivity contribution in [1.29, 1.82) is 0 Å². The molecule has 0 aromatic heterocycles. The van der Waals surface area contributed by atoms with Gasteiger partial charge in [-0.15, -0.1) is 0 Å². The highest BCUT2D eigenvalue weighted by atomic mass is 19.1. The predicted molar refractivity (Wildman–Crippen MR) is 71.3 cm³/mol. The summed E-state index contributed by atoms with van der Waals surface area (Å²) in [7, 11) is 0. The Morgan fingerprint density at radius 3 is 3.00 bits per heavy atom. The predicted octanol–water partition coefficient (Wildman–Crippen LogP) is 2.84. The average molecular weight is 251 g/mol. The van der Waals surface area contributed by atoms with E-state index in [9.17, 15) is 4.39 Å². The fraction of sp³-hybridized carbons (Fsp3) is 0.600. The van der Waals surface area contributed by atoms with E-state index in [0.29, 0.717) is 6.10 Å². The van der Waals surface area contributed by atoms with Crippen LogP contribution in [-0.2, 0) is 11.2 Å². The summed E-state index contributed by atoms with van der Waals surface area (Å²) in [5.74, 6) is -0.153. The third kappa shape index (κ3) is 4.07. The first-order valence-electron chi connectivity index (χ1n) is 6.83. The van der Waals surface area contributed by atoms with Crippen LogP contribution < -0.4 is 5.32 Å². The molecule has 1 saturated heterocycles. The van der Waals surface area contributed by atoms with Gasteiger partial charge in [-0.1, -0.05) is 6.07 Å². The largest absolute Gasteiger partial charge is 0.377 e. The Kier molecular flexibility index (Phi) is 5.14. The van der Waals surface area contributed by atoms with Crippen molar-refractivity contribution in [3.05, 3.63) is 35.1 Å². The number of hydrogen-bond acceptors (Lipinski definition) is 2. The molecule has 0 spiro atoms. The van der Waals surface area contributed by atoms with Crippen molar-refractivity contribution in [3.8, 4) is 0 Å². The Hall–Kier alpha value is -0.930. The summed E-state index contributed by atoms with van der Waals surface area (Å²) >= 11 is 0. The van der Waals surface area contributed by atoms with Gasteiger partial charge in [0.05, 0.1) is 6.10 Å². The SMILES string of the molecule is Cc1cc(F)ccc1CCNCC1CCCCO1. The number of ether oxygens (including phenoxy) is 1. The normalized spacial score (nSPS) is 20.0. The van der Waals surface area contributed by atoms with Crippen LogP contribution >= 0.6 is 0 Å². The highest BCUT2D eigenvalue weighted by Gasteiger charge is 2.12. The third-order valence-corrected chi connectivity index (χ3v) is 3.52. The zero-order valence-electron chi connectivity index (χ0n) is 11.0. The number of aryl methyl sites for hydroxylation is 1. The Labute approximate surface area is 109 Å². The summed E-state index contributed by atoms with van der Waals surface area (Å²) < 4.78 is 18.6. The second kappa shape index (κ2) is 6.86. The maximum Gasteiger partial charge on any atom is 0.123 e. The van der Waals surface area contributed by atoms with Gasteiger partial charge >= 0.3 is 0 Å². The van der Waals surface area contributed by atoms with Crippen molar-refractivity contribution in [2.75, 3.05) is 19.7 Å². The zero-order chi connectivity index (χ0) is 12.8. The van der Waals surface area contributed by atoms with Crippen LogP contribution in [0.2, 0.25) is 0 Å². The molecule has 100 valence electrons. The maximum atomic E-state index is 12.9. The van der Waals surface area contributed by atoms with Gasteiger partial charge in [-0.3, -0.25) is 0 Å². The first-order chi connectivity index (χ1) is 8.75. The lowest BCUT2D eigenvalue weighted by Gasteiger charge is -2.22. The molecule has 18 heavy (non-hydrogen) atoms. The number of rotatable bonds is 5. The molecule has 0 aliphatic carbocycles. The molecule has 1 fully saturated rings. The number of halogens is 1. The second-order valence-electron chi connectivity index (χ2n) is 5.01. The molecule has 2 nitrogen and oxygen atoms in total. The quantitative estimate of drug-likeness (QED) is 0.813. The zero-order valence-corrected chi connectivity index (χ0v) is 11.0. The van der Waals surface area contributed by atoms with Crippen LogP contribution in [0.3, 0.4) is 0 Å². The molecule has 1 aromatic rings. The molecule has 1 heterocycles. The molecule has 1 aliphatic heterocycles. The Balaban J connectivity index is 1.68. The van der Waals surface area contributed by atoms with Crippen LogP contribution in [0.1, 0.15) is 30.4 Å². The molecule has 1 N–H and O–H groups in total. The van der Waals surface area contributed by atoms with E-state index in [-0.39, 0.29) is 5.82 Å². The van der Waals surface area contributed by atoms with Crippen LogP contribution in [-0.4, -0.2) is 25.8 Å². The lowest BCUT2D eigenvalue weighted by Crippen LogP contribution is -2.32. The number of nitrogens with one attached hydrogen (secondary N) is 1. The molecule has 1 aromatic carbocycles. The molecule has 1 aliphatic rings. The molecule has 3 heteroatoms. The molecular formula is C15H22FNO. The fourth-order valence-corrected chi connectivity index (χ4v) is 2.39. The smallest absolute Gasteiger partial charge is 0.123 e. The molecule has 1 atom stereocenters. The van der Waals surface area contributed by atoms with Gasteiger partial charge in [-0.05, 0) is 62.4 Å². The van der Waals surface area contributed by atoms with Crippen LogP contribution in [0, 0.1) is 12.7 Å². The van der Waals surface area contributed by atoms with Gasteiger partial charge in [-0.2, -0.15) is 0 Å². The minimum absolute atomic E-state index is 0.153. The van der Waals surface area contributed by atoms with Crippen molar-refractivity contribution in [3.63, 3.8) is 0 Å². The van der Waals surface area contributed by atoms with E-state index in [1.165, 1.54) is 30.9 Å². The Morgan fingerprint density at radius 1 is 1.39 bits per heavy atom. The van der Waals surface area contributed by atoms with Gasteiger partial charge in [0, 0.05) is 13.2 Å². The Bertz CT molecular complexity index is 375. The first kappa shape index (κ1) is 13.5. The van der Waals surface area contributed by atoms with Crippen molar-refractivity contribution in [1.82, 2.24) is 5.32 Å². The van der Waals surface area contributed by atoms with Gasteiger partial charge in [0.2, 0.25) is 0 Å². The average Bonchev–Trinajstić information content (AvgIpc) is 2.38. The van der Waals surface area contributed by atoms with E-state index < -0.39 is 0 Å². The van der Waals surface area contributed by atoms with Gasteiger partial charge < -0.3 is 10.1 Å². The second-order valence-corrected chi connectivity index (χ2v) is 5.01. The lowest BCUT2D eigenvalue weighted by atomic mass is 10.1. The van der Waals surface area contributed by atoms with E-state index >= 15 is 0 Å². The van der Waals surface area contributed by atoms with Crippen molar-refractivity contribution < 1.29 is 9.13 Å². The molecule has 0 radical (unpaired) electrons. The first-order valence-corrected chi connectivity index (χ1v) is 6.83. The minimum Gasteiger partial charge on any atom is -0.377 e. The highest BCUT2D eigenvalue weighted by molar-refractivity contribution is 5.26. The molecule has 2 rings (SSSR count). The molecule has 0 saturated carbocycles. The van der Waals surface area contributed by atoms with Gasteiger partial charge in [0.25, 0.3) is 0 Å². The van der Waals surface area contributed by atoms with Crippen LogP contribution in [0.4, 0.5) is 4.39 Å². The monoisotopic (exact) mass is 251 g/mol. The van der Waals surface area contributed by atoms with E-state index in [2.05, 4.69) is 5.32 Å². The van der Waals surface area contributed by atoms with E-state index in [1.807, 2.05) is 13.0 Å². The van der Waals surface area contributed by atoms with Crippen LogP contribution in [0.5, 0.6) is 0 Å². The maximum absolute atomic E-state index is 12.9. The number of benzene rings is 1. The summed E-state index contributed by atoms with van der Waals surface area (Å²) in [6.07, 6.45) is 4.98. The molecule has 1 unspecified atom stereocenters. The summed E-state index contributed by atoms with van der Waals surface area (Å²) in [5.41, 5.74) is 2.25. The molecule has 0 bridgehead atoms. The summed E-state index contributed by atoms with van der Waals surface area (Å²) in [6, 6.07) is 5.01. The van der Waals surface area contributed by atoms with E-state index in [4.69, 9.17) is 4.74 Å². The van der Waals surface area contributed by atoms with Gasteiger partial charge in [0.1, 0.15) is 5.82 Å². The van der Waals surface area contributed by atoms with Gasteiger partial charge in [0.15, 0.2) is 0 Å². The van der Waals surface area contributed by atoms with Crippen LogP contribution in [0.25, 0.3) is 0 Å². The Morgan fingerprint density at radius 2 is 2.28 bits per heavy atom. The van der Waals surface area contributed by atoms with E-state index in [1.54, 1.807) is 6.07 Å². The van der Waals surface area contributed by atoms with Crippen molar-refractivity contribution in [2.24, 2.45) is 0 Å². The standard InChI is InChI=1S/C15H22FNO/c1-12-10-14(16)6-5-13(12)7-8-17-11-15-4-2-3-9-18-15/h5-6,10,15,17H,2-4,7-9,11H2,1H3. The summed E-state index contributed by atoms with van der Waals surface area (Å²) in [6.45, 7) is 4.72. The minimum atomic E-state index is -0.153. The van der Waals surface area contributed by atoms with Crippen molar-refractivity contribution >= 4 is 0 Å². The number of hydrogen-bond donors (Lipinski definition) is 1. The topological polar surface area (TPSA) is 21.3 Å². The highest BCUT2D eigenvalue weighted by Crippen LogP contribution is 2.12. The fourth-order valence-electron chi connectivity index (χ4n) is 2.39. The van der Waals surface area contributed by atoms with Gasteiger partial charge in [-0.25, -0.2) is 4.39 Å². The third-order valence-electron chi connectivity index (χ3n) is 3.52. The molecular weight excluding hydrogens is 229 g/mol. The van der Waals surface area contributed by atoms with Crippen molar-refractivity contribution in [2.45, 2.75) is 38.7 Å². The van der Waals surface area contributed by atoms with E-state index in [0.717, 1.165) is 31.7 Å². The van der Waals surface area contributed by atoms with Crippen LogP contribution in [0.15, 0.2) is 18.2 Å². The lowest BCUT2D eigenvalue weighted by molar-refractivity contribution is 0.0171. The summed E-state index contributed by atoms with van der Waals surface area (Å²) in [4.78, 5) is 0. The molecule has 0 amide bonds. The summed E-state index contributed by atoms with van der Waals surface area (Å²) in [5, 5.41) is 3.43.